The lowest BCUT2D eigenvalue weighted by molar-refractivity contribution is 0.0497. The number of rotatable bonds is 6. The standard InChI is InChI=1S/C15H20O2.C2H6/c1-3-8-13(4-2)15(17-12-11-16)14-9-6-5-7-10-14;1-2/h3-10,15-16H,11-12H2,1-2H3;1-2H3/b8-3-,13-4+;. The third-order valence-electron chi connectivity index (χ3n) is 2.47. The maximum atomic E-state index is 8.88. The molecule has 1 aromatic rings. The molecule has 1 unspecified atom stereocenters. The van der Waals surface area contributed by atoms with E-state index in [2.05, 4.69) is 0 Å². The quantitative estimate of drug-likeness (QED) is 0.775. The lowest BCUT2D eigenvalue weighted by Crippen LogP contribution is -2.09. The predicted molar refractivity (Wildman–Crippen MR) is 82.1 cm³/mol. The average Bonchev–Trinajstić information content (AvgIpc) is 2.49. The molecule has 0 saturated carbocycles. The van der Waals surface area contributed by atoms with Gasteiger partial charge < -0.3 is 9.84 Å². The molecule has 1 rings (SSSR count). The van der Waals surface area contributed by atoms with Crippen LogP contribution in [0.1, 0.15) is 39.4 Å². The Labute approximate surface area is 117 Å². The minimum atomic E-state index is -0.107. The van der Waals surface area contributed by atoms with Crippen LogP contribution in [0, 0.1) is 0 Å². The lowest BCUT2D eigenvalue weighted by Gasteiger charge is -2.19. The van der Waals surface area contributed by atoms with Crippen LogP contribution in [0.2, 0.25) is 0 Å². The fraction of sp³-hybridized carbons (Fsp3) is 0.412. The third-order valence-corrected chi connectivity index (χ3v) is 2.47. The molecule has 0 bridgehead atoms. The fourth-order valence-electron chi connectivity index (χ4n) is 1.71. The van der Waals surface area contributed by atoms with Crippen molar-refractivity contribution in [1.82, 2.24) is 0 Å². The van der Waals surface area contributed by atoms with Gasteiger partial charge in [0.15, 0.2) is 0 Å². The molecule has 2 heteroatoms. The smallest absolute Gasteiger partial charge is 0.107 e. The van der Waals surface area contributed by atoms with Crippen molar-refractivity contribution in [2.45, 2.75) is 33.8 Å². The van der Waals surface area contributed by atoms with E-state index in [1.165, 1.54) is 0 Å². The number of aliphatic hydroxyl groups is 1. The Bertz CT molecular complexity index is 366. The van der Waals surface area contributed by atoms with Crippen LogP contribution in [0.5, 0.6) is 0 Å². The topological polar surface area (TPSA) is 29.5 Å². The maximum Gasteiger partial charge on any atom is 0.107 e. The highest BCUT2D eigenvalue weighted by Crippen LogP contribution is 2.26. The molecule has 0 radical (unpaired) electrons. The van der Waals surface area contributed by atoms with Crippen molar-refractivity contribution in [1.29, 1.82) is 0 Å². The van der Waals surface area contributed by atoms with Gasteiger partial charge in [-0.3, -0.25) is 0 Å². The number of aliphatic hydroxyl groups excluding tert-OH is 1. The van der Waals surface area contributed by atoms with E-state index >= 15 is 0 Å². The lowest BCUT2D eigenvalue weighted by atomic mass is 10.0. The molecule has 0 aromatic heterocycles. The summed E-state index contributed by atoms with van der Waals surface area (Å²) in [5, 5.41) is 8.88. The van der Waals surface area contributed by atoms with Gasteiger partial charge in [-0.25, -0.2) is 0 Å². The van der Waals surface area contributed by atoms with Crippen LogP contribution >= 0.6 is 0 Å². The van der Waals surface area contributed by atoms with E-state index < -0.39 is 0 Å². The van der Waals surface area contributed by atoms with Gasteiger partial charge in [0.25, 0.3) is 0 Å². The Balaban J connectivity index is 0.00000154. The molecule has 0 saturated heterocycles. The van der Waals surface area contributed by atoms with Crippen LogP contribution in [-0.4, -0.2) is 18.3 Å². The molecular formula is C17H26O2. The second-order valence-electron chi connectivity index (χ2n) is 3.67. The van der Waals surface area contributed by atoms with E-state index in [1.807, 2.05) is 76.3 Å². The molecule has 1 atom stereocenters. The highest BCUT2D eigenvalue weighted by atomic mass is 16.5. The van der Waals surface area contributed by atoms with Gasteiger partial charge in [-0.1, -0.05) is 62.4 Å². The van der Waals surface area contributed by atoms with Crippen molar-refractivity contribution in [3.8, 4) is 0 Å². The first-order valence-electron chi connectivity index (χ1n) is 6.89. The van der Waals surface area contributed by atoms with Crippen LogP contribution < -0.4 is 0 Å². The average molecular weight is 262 g/mol. The zero-order chi connectivity index (χ0) is 14.5. The first kappa shape index (κ1) is 17.6. The predicted octanol–water partition coefficient (Wildman–Crippen LogP) is 4.29. The van der Waals surface area contributed by atoms with Crippen LogP contribution in [0.3, 0.4) is 0 Å². The van der Waals surface area contributed by atoms with Crippen LogP contribution in [0.25, 0.3) is 0 Å². The van der Waals surface area contributed by atoms with Gasteiger partial charge in [0.2, 0.25) is 0 Å². The highest BCUT2D eigenvalue weighted by molar-refractivity contribution is 5.32. The zero-order valence-electron chi connectivity index (χ0n) is 12.5. The summed E-state index contributed by atoms with van der Waals surface area (Å²) < 4.78 is 5.71. The second kappa shape index (κ2) is 11.7. The monoisotopic (exact) mass is 262 g/mol. The third kappa shape index (κ3) is 6.37. The molecule has 2 nitrogen and oxygen atoms in total. The maximum absolute atomic E-state index is 8.88. The number of hydrogen-bond acceptors (Lipinski definition) is 2. The van der Waals surface area contributed by atoms with Crippen molar-refractivity contribution in [3.63, 3.8) is 0 Å². The molecule has 106 valence electrons. The minimum absolute atomic E-state index is 0.0379. The zero-order valence-corrected chi connectivity index (χ0v) is 12.5. The molecule has 0 aliphatic rings. The van der Waals surface area contributed by atoms with Gasteiger partial charge in [-0.15, -0.1) is 0 Å². The highest BCUT2D eigenvalue weighted by Gasteiger charge is 2.14. The number of hydrogen-bond donors (Lipinski definition) is 1. The van der Waals surface area contributed by atoms with E-state index in [0.29, 0.717) is 6.61 Å². The molecule has 0 spiro atoms. The van der Waals surface area contributed by atoms with E-state index in [4.69, 9.17) is 9.84 Å². The van der Waals surface area contributed by atoms with Gasteiger partial charge in [0.1, 0.15) is 6.10 Å². The van der Waals surface area contributed by atoms with Gasteiger partial charge in [-0.05, 0) is 25.0 Å². The van der Waals surface area contributed by atoms with E-state index in [-0.39, 0.29) is 12.7 Å². The summed E-state index contributed by atoms with van der Waals surface area (Å²) in [7, 11) is 0. The van der Waals surface area contributed by atoms with Gasteiger partial charge in [-0.2, -0.15) is 0 Å². The molecule has 0 amide bonds. The molecule has 0 heterocycles. The van der Waals surface area contributed by atoms with Gasteiger partial charge in [0.05, 0.1) is 13.2 Å². The Hall–Kier alpha value is -1.38. The number of ether oxygens (including phenoxy) is 1. The van der Waals surface area contributed by atoms with Crippen molar-refractivity contribution in [3.05, 3.63) is 59.7 Å². The summed E-state index contributed by atoms with van der Waals surface area (Å²) in [6, 6.07) is 10.0. The largest absolute Gasteiger partial charge is 0.394 e. The van der Waals surface area contributed by atoms with Crippen molar-refractivity contribution < 1.29 is 9.84 Å². The van der Waals surface area contributed by atoms with Crippen LogP contribution in [0.15, 0.2) is 54.1 Å². The first-order valence-corrected chi connectivity index (χ1v) is 6.89. The Morgan fingerprint density at radius 1 is 1.21 bits per heavy atom. The summed E-state index contributed by atoms with van der Waals surface area (Å²) in [5.41, 5.74) is 2.21. The molecule has 0 fully saturated rings. The Kier molecular flexibility index (Phi) is 10.8. The molecule has 1 N–H and O–H groups in total. The van der Waals surface area contributed by atoms with E-state index in [9.17, 15) is 0 Å². The Morgan fingerprint density at radius 3 is 2.32 bits per heavy atom. The van der Waals surface area contributed by atoms with E-state index in [1.54, 1.807) is 0 Å². The van der Waals surface area contributed by atoms with E-state index in [0.717, 1.165) is 11.1 Å². The van der Waals surface area contributed by atoms with Gasteiger partial charge in [0, 0.05) is 0 Å². The molecule has 1 aromatic carbocycles. The molecule has 19 heavy (non-hydrogen) atoms. The molecular weight excluding hydrogens is 236 g/mol. The normalized spacial score (nSPS) is 13.0. The number of benzene rings is 1. The summed E-state index contributed by atoms with van der Waals surface area (Å²) in [6.45, 7) is 8.36. The van der Waals surface area contributed by atoms with Crippen LogP contribution in [-0.2, 0) is 4.74 Å². The van der Waals surface area contributed by atoms with Crippen molar-refractivity contribution >= 4 is 0 Å². The molecule has 0 aliphatic heterocycles. The minimum Gasteiger partial charge on any atom is -0.394 e. The summed E-state index contributed by atoms with van der Waals surface area (Å²) in [4.78, 5) is 0. The van der Waals surface area contributed by atoms with Crippen molar-refractivity contribution in [2.75, 3.05) is 13.2 Å². The van der Waals surface area contributed by atoms with Gasteiger partial charge >= 0.3 is 0 Å². The fourth-order valence-corrected chi connectivity index (χ4v) is 1.71. The summed E-state index contributed by atoms with van der Waals surface area (Å²) in [6.07, 6.45) is 5.96. The second-order valence-corrected chi connectivity index (χ2v) is 3.67. The van der Waals surface area contributed by atoms with Crippen LogP contribution in [0.4, 0.5) is 0 Å². The number of allylic oxidation sites excluding steroid dienone is 2. The first-order chi connectivity index (χ1) is 9.33. The van der Waals surface area contributed by atoms with Crippen molar-refractivity contribution in [2.24, 2.45) is 0 Å². The Morgan fingerprint density at radius 2 is 1.84 bits per heavy atom. The SMILES string of the molecule is C/C=C\C(=C/C)C(OCCO)c1ccccc1.CC. The summed E-state index contributed by atoms with van der Waals surface area (Å²) in [5.74, 6) is 0. The summed E-state index contributed by atoms with van der Waals surface area (Å²) >= 11 is 0. The molecule has 0 aliphatic carbocycles.